The van der Waals surface area contributed by atoms with Crippen LogP contribution in [0.15, 0.2) is 16.8 Å². The van der Waals surface area contributed by atoms with E-state index >= 15 is 0 Å². The van der Waals surface area contributed by atoms with Crippen LogP contribution in [0, 0.1) is 0 Å². The van der Waals surface area contributed by atoms with Crippen LogP contribution < -0.4 is 5.73 Å². The molecule has 3 nitrogen and oxygen atoms in total. The van der Waals surface area contributed by atoms with Crippen molar-refractivity contribution >= 4 is 17.3 Å². The Morgan fingerprint density at radius 3 is 2.93 bits per heavy atom. The summed E-state index contributed by atoms with van der Waals surface area (Å²) in [5.41, 5.74) is 7.07. The lowest BCUT2D eigenvalue weighted by Crippen LogP contribution is -2.21. The Balaban J connectivity index is 2.15. The van der Waals surface area contributed by atoms with E-state index in [4.69, 9.17) is 10.8 Å². The standard InChI is InChI=1S/C10H15NO2S/c11-9(3-4-10(12)13)2-1-8-5-6-14-7-8/h5-7,9H,1-4,11H2,(H,12,13). The lowest BCUT2D eigenvalue weighted by molar-refractivity contribution is -0.137. The predicted molar refractivity (Wildman–Crippen MR) is 57.5 cm³/mol. The second-order valence-electron chi connectivity index (χ2n) is 3.36. The molecular formula is C10H15NO2S. The van der Waals surface area contributed by atoms with Crippen molar-refractivity contribution in [2.45, 2.75) is 31.7 Å². The van der Waals surface area contributed by atoms with E-state index in [1.54, 1.807) is 11.3 Å². The van der Waals surface area contributed by atoms with Gasteiger partial charge in [-0.25, -0.2) is 0 Å². The second-order valence-corrected chi connectivity index (χ2v) is 4.14. The average molecular weight is 213 g/mol. The largest absolute Gasteiger partial charge is 0.481 e. The van der Waals surface area contributed by atoms with Crippen molar-refractivity contribution < 1.29 is 9.90 Å². The first-order valence-electron chi connectivity index (χ1n) is 4.67. The topological polar surface area (TPSA) is 63.3 Å². The molecule has 1 heterocycles. The van der Waals surface area contributed by atoms with E-state index in [1.165, 1.54) is 5.56 Å². The van der Waals surface area contributed by atoms with Crippen molar-refractivity contribution in [2.75, 3.05) is 0 Å². The lowest BCUT2D eigenvalue weighted by atomic mass is 10.0. The van der Waals surface area contributed by atoms with Gasteiger partial charge in [0.1, 0.15) is 0 Å². The third-order valence-corrected chi connectivity index (χ3v) is 2.84. The summed E-state index contributed by atoms with van der Waals surface area (Å²) >= 11 is 1.67. The zero-order valence-electron chi connectivity index (χ0n) is 7.98. The van der Waals surface area contributed by atoms with Crippen LogP contribution in [0.3, 0.4) is 0 Å². The van der Waals surface area contributed by atoms with E-state index in [9.17, 15) is 4.79 Å². The maximum atomic E-state index is 10.3. The first-order chi connectivity index (χ1) is 6.68. The molecule has 0 amide bonds. The van der Waals surface area contributed by atoms with Gasteiger partial charge in [-0.15, -0.1) is 0 Å². The molecule has 1 unspecified atom stereocenters. The molecule has 1 rings (SSSR count). The molecule has 0 saturated heterocycles. The summed E-state index contributed by atoms with van der Waals surface area (Å²) in [4.78, 5) is 10.3. The number of hydrogen-bond acceptors (Lipinski definition) is 3. The van der Waals surface area contributed by atoms with Gasteiger partial charge in [-0.1, -0.05) is 0 Å². The van der Waals surface area contributed by atoms with Gasteiger partial charge in [0.2, 0.25) is 0 Å². The van der Waals surface area contributed by atoms with Crippen molar-refractivity contribution in [3.05, 3.63) is 22.4 Å². The number of carboxylic acid groups (broad SMARTS) is 1. The third-order valence-electron chi connectivity index (χ3n) is 2.11. The highest BCUT2D eigenvalue weighted by Crippen LogP contribution is 2.10. The number of aliphatic carboxylic acids is 1. The van der Waals surface area contributed by atoms with Crippen molar-refractivity contribution in [2.24, 2.45) is 5.73 Å². The van der Waals surface area contributed by atoms with E-state index < -0.39 is 5.97 Å². The van der Waals surface area contributed by atoms with Gasteiger partial charge in [0.15, 0.2) is 0 Å². The number of carbonyl (C=O) groups is 1. The minimum absolute atomic E-state index is 0.00556. The maximum absolute atomic E-state index is 10.3. The lowest BCUT2D eigenvalue weighted by Gasteiger charge is -2.08. The van der Waals surface area contributed by atoms with Gasteiger partial charge in [-0.05, 0) is 41.7 Å². The van der Waals surface area contributed by atoms with Crippen LogP contribution in [0.25, 0.3) is 0 Å². The number of rotatable bonds is 6. The normalized spacial score (nSPS) is 12.6. The molecule has 0 radical (unpaired) electrons. The molecule has 78 valence electrons. The number of aryl methyl sites for hydroxylation is 1. The number of thiophene rings is 1. The van der Waals surface area contributed by atoms with Crippen molar-refractivity contribution in [3.8, 4) is 0 Å². The zero-order chi connectivity index (χ0) is 10.4. The number of hydrogen-bond donors (Lipinski definition) is 2. The molecule has 0 aromatic carbocycles. The molecule has 1 aromatic rings. The van der Waals surface area contributed by atoms with Crippen LogP contribution in [0.4, 0.5) is 0 Å². The van der Waals surface area contributed by atoms with Gasteiger partial charge in [0.25, 0.3) is 0 Å². The molecule has 1 atom stereocenters. The predicted octanol–water partition coefficient (Wildman–Crippen LogP) is 1.87. The molecule has 0 fully saturated rings. The van der Waals surface area contributed by atoms with Crippen molar-refractivity contribution in [1.82, 2.24) is 0 Å². The minimum Gasteiger partial charge on any atom is -0.481 e. The van der Waals surface area contributed by atoms with E-state index in [-0.39, 0.29) is 12.5 Å². The Hall–Kier alpha value is -0.870. The minimum atomic E-state index is -0.768. The maximum Gasteiger partial charge on any atom is 0.303 e. The molecule has 3 N–H and O–H groups in total. The van der Waals surface area contributed by atoms with E-state index in [2.05, 4.69) is 11.4 Å². The summed E-state index contributed by atoms with van der Waals surface area (Å²) in [6.45, 7) is 0. The highest BCUT2D eigenvalue weighted by molar-refractivity contribution is 7.07. The third kappa shape index (κ3) is 4.39. The zero-order valence-corrected chi connectivity index (χ0v) is 8.80. The van der Waals surface area contributed by atoms with Crippen LogP contribution in [0.5, 0.6) is 0 Å². The van der Waals surface area contributed by atoms with E-state index in [0.717, 1.165) is 12.8 Å². The fraction of sp³-hybridized carbons (Fsp3) is 0.500. The quantitative estimate of drug-likeness (QED) is 0.758. The molecule has 0 spiro atoms. The summed E-state index contributed by atoms with van der Waals surface area (Å²) in [5, 5.41) is 12.6. The Morgan fingerprint density at radius 2 is 2.36 bits per heavy atom. The Labute approximate surface area is 87.6 Å². The molecule has 0 aliphatic heterocycles. The molecule has 0 saturated carbocycles. The fourth-order valence-corrected chi connectivity index (χ4v) is 1.94. The SMILES string of the molecule is NC(CCC(=O)O)CCc1ccsc1. The van der Waals surface area contributed by atoms with Gasteiger partial charge in [0, 0.05) is 12.5 Å². The summed E-state index contributed by atoms with van der Waals surface area (Å²) < 4.78 is 0. The van der Waals surface area contributed by atoms with Crippen LogP contribution in [-0.2, 0) is 11.2 Å². The monoisotopic (exact) mass is 213 g/mol. The highest BCUT2D eigenvalue weighted by Gasteiger charge is 2.06. The molecule has 14 heavy (non-hydrogen) atoms. The van der Waals surface area contributed by atoms with Crippen molar-refractivity contribution in [3.63, 3.8) is 0 Å². The van der Waals surface area contributed by atoms with E-state index in [1.807, 2.05) is 5.38 Å². The first-order valence-corrected chi connectivity index (χ1v) is 5.61. The summed E-state index contributed by atoms with van der Waals surface area (Å²) in [5.74, 6) is -0.768. The van der Waals surface area contributed by atoms with Crippen LogP contribution in [0.2, 0.25) is 0 Å². The average Bonchev–Trinajstić information content (AvgIpc) is 2.63. The van der Waals surface area contributed by atoms with E-state index in [0.29, 0.717) is 6.42 Å². The van der Waals surface area contributed by atoms with Crippen LogP contribution in [-0.4, -0.2) is 17.1 Å². The van der Waals surface area contributed by atoms with Gasteiger partial charge >= 0.3 is 5.97 Å². The molecule has 0 aliphatic rings. The second kappa shape index (κ2) is 5.78. The van der Waals surface area contributed by atoms with Gasteiger partial charge in [0.05, 0.1) is 0 Å². The smallest absolute Gasteiger partial charge is 0.303 e. The first kappa shape index (κ1) is 11.2. The Morgan fingerprint density at radius 1 is 1.57 bits per heavy atom. The van der Waals surface area contributed by atoms with Crippen molar-refractivity contribution in [1.29, 1.82) is 0 Å². The summed E-state index contributed by atoms with van der Waals surface area (Å²) in [6, 6.07) is 2.08. The molecule has 0 aliphatic carbocycles. The van der Waals surface area contributed by atoms with Gasteiger partial charge in [-0.2, -0.15) is 11.3 Å². The fourth-order valence-electron chi connectivity index (χ4n) is 1.24. The van der Waals surface area contributed by atoms with Crippen LogP contribution in [0.1, 0.15) is 24.8 Å². The van der Waals surface area contributed by atoms with Crippen LogP contribution >= 0.6 is 11.3 Å². The Kier molecular flexibility index (Phi) is 4.62. The van der Waals surface area contributed by atoms with Gasteiger partial charge in [-0.3, -0.25) is 4.79 Å². The molecule has 4 heteroatoms. The highest BCUT2D eigenvalue weighted by atomic mass is 32.1. The summed E-state index contributed by atoms with van der Waals surface area (Å²) in [6.07, 6.45) is 2.55. The summed E-state index contributed by atoms with van der Waals surface area (Å²) in [7, 11) is 0. The number of nitrogens with two attached hydrogens (primary N) is 1. The molecular weight excluding hydrogens is 198 g/mol. The number of carboxylic acids is 1. The molecule has 1 aromatic heterocycles. The Bertz CT molecular complexity index is 272. The molecule has 0 bridgehead atoms. The van der Waals surface area contributed by atoms with Gasteiger partial charge < -0.3 is 10.8 Å².